The second kappa shape index (κ2) is 3.38. The normalized spacial score (nSPS) is 17.2. The number of rotatable bonds is 2. The number of guanidine groups is 1. The number of nitrogens with zero attached hydrogens (tertiary/aromatic N) is 1. The molecular formula is C8H15N5. The average Bonchev–Trinajstić information content (AvgIpc) is 1.98. The van der Waals surface area contributed by atoms with E-state index in [-0.39, 0.29) is 6.04 Å². The minimum Gasteiger partial charge on any atom is -0.394 e. The predicted octanol–water partition coefficient (Wildman–Crippen LogP) is -0.456. The summed E-state index contributed by atoms with van der Waals surface area (Å²) < 4.78 is 0. The molecule has 0 aromatic carbocycles. The Morgan fingerprint density at radius 2 is 2.08 bits per heavy atom. The second-order valence-electron chi connectivity index (χ2n) is 3.16. The summed E-state index contributed by atoms with van der Waals surface area (Å²) >= 11 is 0. The summed E-state index contributed by atoms with van der Waals surface area (Å²) in [6.45, 7) is 7.70. The van der Waals surface area contributed by atoms with Gasteiger partial charge in [-0.15, -0.1) is 0 Å². The molecule has 0 aliphatic carbocycles. The molecule has 6 N–H and O–H groups in total. The van der Waals surface area contributed by atoms with Crippen LogP contribution in [-0.4, -0.2) is 12.0 Å². The van der Waals surface area contributed by atoms with Gasteiger partial charge in [0.15, 0.2) is 11.8 Å². The van der Waals surface area contributed by atoms with Gasteiger partial charge < -0.3 is 22.1 Å². The summed E-state index contributed by atoms with van der Waals surface area (Å²) in [5.74, 6) is 0.888. The van der Waals surface area contributed by atoms with Crippen molar-refractivity contribution >= 4 is 5.96 Å². The topological polar surface area (TPSA) is 88.5 Å². The molecule has 0 radical (unpaired) electrons. The molecule has 0 saturated carbocycles. The molecule has 5 heteroatoms. The van der Waals surface area contributed by atoms with Gasteiger partial charge in [0.05, 0.1) is 11.4 Å². The van der Waals surface area contributed by atoms with Crippen molar-refractivity contribution in [2.45, 2.75) is 19.9 Å². The molecule has 13 heavy (non-hydrogen) atoms. The van der Waals surface area contributed by atoms with Gasteiger partial charge in [0.25, 0.3) is 0 Å². The van der Waals surface area contributed by atoms with E-state index >= 15 is 0 Å². The number of aliphatic imine (C=N–C) groups is 1. The van der Waals surface area contributed by atoms with Crippen LogP contribution in [0.3, 0.4) is 0 Å². The van der Waals surface area contributed by atoms with Crippen molar-refractivity contribution in [3.05, 3.63) is 23.8 Å². The van der Waals surface area contributed by atoms with Gasteiger partial charge >= 0.3 is 0 Å². The average molecular weight is 181 g/mol. The van der Waals surface area contributed by atoms with Gasteiger partial charge in [-0.2, -0.15) is 4.99 Å². The van der Waals surface area contributed by atoms with Crippen LogP contribution in [0.15, 0.2) is 28.8 Å². The molecule has 5 nitrogen and oxygen atoms in total. The maximum atomic E-state index is 5.73. The lowest BCUT2D eigenvalue weighted by Crippen LogP contribution is -2.39. The van der Waals surface area contributed by atoms with E-state index in [1.165, 1.54) is 0 Å². The van der Waals surface area contributed by atoms with E-state index in [0.29, 0.717) is 23.2 Å². The van der Waals surface area contributed by atoms with E-state index in [4.69, 9.17) is 11.5 Å². The first-order chi connectivity index (χ1) is 6.00. The zero-order valence-electron chi connectivity index (χ0n) is 7.89. The third-order valence-electron chi connectivity index (χ3n) is 1.52. The van der Waals surface area contributed by atoms with Crippen LogP contribution in [0.1, 0.15) is 13.8 Å². The summed E-state index contributed by atoms with van der Waals surface area (Å²) in [5.41, 5.74) is 12.3. The Morgan fingerprint density at radius 3 is 2.62 bits per heavy atom. The van der Waals surface area contributed by atoms with E-state index in [1.54, 1.807) is 0 Å². The molecule has 1 aliphatic rings. The highest BCUT2D eigenvalue weighted by Crippen LogP contribution is 2.09. The van der Waals surface area contributed by atoms with Crippen molar-refractivity contribution in [2.75, 3.05) is 0 Å². The molecule has 0 saturated heterocycles. The van der Waals surface area contributed by atoms with Crippen LogP contribution in [0.25, 0.3) is 0 Å². The zero-order valence-corrected chi connectivity index (χ0v) is 7.89. The summed E-state index contributed by atoms with van der Waals surface area (Å²) in [6.07, 6.45) is 0. The van der Waals surface area contributed by atoms with Crippen LogP contribution in [0.2, 0.25) is 0 Å². The van der Waals surface area contributed by atoms with E-state index in [1.807, 2.05) is 13.8 Å². The molecule has 0 fully saturated rings. The molecule has 72 valence electrons. The van der Waals surface area contributed by atoms with Crippen molar-refractivity contribution in [3.8, 4) is 0 Å². The zero-order chi connectivity index (χ0) is 10.0. The Labute approximate surface area is 77.6 Å². The van der Waals surface area contributed by atoms with Crippen molar-refractivity contribution < 1.29 is 0 Å². The molecule has 1 aliphatic heterocycles. The molecule has 0 aromatic rings. The monoisotopic (exact) mass is 181 g/mol. The van der Waals surface area contributed by atoms with E-state index in [2.05, 4.69) is 22.2 Å². The third kappa shape index (κ3) is 2.14. The highest BCUT2D eigenvalue weighted by Gasteiger charge is 2.13. The number of hydrogen-bond donors (Lipinski definition) is 4. The fraction of sp³-hybridized carbons (Fsp3) is 0.375. The van der Waals surface area contributed by atoms with Gasteiger partial charge in [0.2, 0.25) is 0 Å². The minimum absolute atomic E-state index is 0.260. The molecule has 0 amide bonds. The Bertz CT molecular complexity index is 287. The largest absolute Gasteiger partial charge is 0.394 e. The fourth-order valence-electron chi connectivity index (χ4n) is 0.957. The van der Waals surface area contributed by atoms with Crippen LogP contribution in [0, 0.1) is 0 Å². The van der Waals surface area contributed by atoms with Crippen molar-refractivity contribution in [1.29, 1.82) is 0 Å². The lowest BCUT2D eigenvalue weighted by Gasteiger charge is -2.20. The standard InChI is InChI=1S/C8H15N5/c1-4(2)11-7-6(9)5(3)12-8(10)13-7/h4,11H,3,9H2,1-2H3,(H3,10,12,13). The second-order valence-corrected chi connectivity index (χ2v) is 3.16. The van der Waals surface area contributed by atoms with Crippen molar-refractivity contribution in [2.24, 2.45) is 16.5 Å². The molecule has 1 heterocycles. The maximum Gasteiger partial charge on any atom is 0.199 e. The quantitative estimate of drug-likeness (QED) is 0.464. The summed E-state index contributed by atoms with van der Waals surface area (Å²) in [5, 5.41) is 5.82. The summed E-state index contributed by atoms with van der Waals surface area (Å²) in [6, 6.07) is 0.260. The Kier molecular flexibility index (Phi) is 2.46. The Morgan fingerprint density at radius 1 is 1.46 bits per heavy atom. The van der Waals surface area contributed by atoms with Gasteiger partial charge in [-0.05, 0) is 13.8 Å². The van der Waals surface area contributed by atoms with Crippen molar-refractivity contribution in [3.63, 3.8) is 0 Å². The lowest BCUT2D eigenvalue weighted by atomic mass is 10.3. The summed E-state index contributed by atoms with van der Waals surface area (Å²) in [7, 11) is 0. The first-order valence-corrected chi connectivity index (χ1v) is 4.07. The van der Waals surface area contributed by atoms with E-state index < -0.39 is 0 Å². The number of nitrogens with two attached hydrogens (primary N) is 2. The van der Waals surface area contributed by atoms with Gasteiger partial charge in [-0.3, -0.25) is 0 Å². The first-order valence-electron chi connectivity index (χ1n) is 4.07. The van der Waals surface area contributed by atoms with Crippen LogP contribution in [0.5, 0.6) is 0 Å². The van der Waals surface area contributed by atoms with Gasteiger partial charge in [-0.25, -0.2) is 0 Å². The highest BCUT2D eigenvalue weighted by atomic mass is 15.2. The maximum absolute atomic E-state index is 5.73. The molecule has 0 aromatic heterocycles. The minimum atomic E-state index is 0.260. The number of hydrogen-bond acceptors (Lipinski definition) is 5. The molecule has 0 atom stereocenters. The van der Waals surface area contributed by atoms with E-state index in [0.717, 1.165) is 0 Å². The van der Waals surface area contributed by atoms with Gasteiger partial charge in [-0.1, -0.05) is 6.58 Å². The van der Waals surface area contributed by atoms with Crippen LogP contribution >= 0.6 is 0 Å². The highest BCUT2D eigenvalue weighted by molar-refractivity contribution is 5.83. The van der Waals surface area contributed by atoms with Crippen LogP contribution in [0.4, 0.5) is 0 Å². The Hall–Kier alpha value is -1.65. The van der Waals surface area contributed by atoms with Gasteiger partial charge in [0, 0.05) is 6.04 Å². The predicted molar refractivity (Wildman–Crippen MR) is 53.4 cm³/mol. The lowest BCUT2D eigenvalue weighted by molar-refractivity contribution is 0.651. The molecule has 0 bridgehead atoms. The molecule has 1 rings (SSSR count). The smallest absolute Gasteiger partial charge is 0.199 e. The fourth-order valence-corrected chi connectivity index (χ4v) is 0.957. The molecular weight excluding hydrogens is 166 g/mol. The van der Waals surface area contributed by atoms with Crippen molar-refractivity contribution in [1.82, 2.24) is 10.6 Å². The summed E-state index contributed by atoms with van der Waals surface area (Å²) in [4.78, 5) is 4.02. The SMILES string of the molecule is C=C1NC(N)=NC(NC(C)C)=C1N. The van der Waals surface area contributed by atoms with Gasteiger partial charge in [0.1, 0.15) is 0 Å². The first kappa shape index (κ1) is 9.44. The van der Waals surface area contributed by atoms with E-state index in [9.17, 15) is 0 Å². The van der Waals surface area contributed by atoms with Crippen LogP contribution in [-0.2, 0) is 0 Å². The number of nitrogens with one attached hydrogen (secondary N) is 2. The molecule has 0 unspecified atom stereocenters. The Balaban J connectivity index is 2.90. The van der Waals surface area contributed by atoms with Crippen LogP contribution < -0.4 is 22.1 Å². The third-order valence-corrected chi connectivity index (χ3v) is 1.52. The molecule has 0 spiro atoms.